The fourth-order valence-electron chi connectivity index (χ4n) is 1.25. The van der Waals surface area contributed by atoms with Crippen LogP contribution in [0.1, 0.15) is 19.4 Å². The summed E-state index contributed by atoms with van der Waals surface area (Å²) >= 11 is 0. The molecule has 1 nitrogen and oxygen atoms in total. The first-order valence-corrected chi connectivity index (χ1v) is 5.08. The lowest BCUT2D eigenvalue weighted by Gasteiger charge is -2.03. The van der Waals surface area contributed by atoms with E-state index in [1.807, 2.05) is 44.2 Å². The third kappa shape index (κ3) is 3.21. The van der Waals surface area contributed by atoms with Gasteiger partial charge in [0, 0.05) is 0 Å². The molecule has 0 fully saturated rings. The van der Waals surface area contributed by atoms with Gasteiger partial charge in [0.2, 0.25) is 0 Å². The molecule has 0 aromatic heterocycles. The third-order valence-electron chi connectivity index (χ3n) is 2.12. The van der Waals surface area contributed by atoms with Gasteiger partial charge in [-0.1, -0.05) is 30.9 Å². The lowest BCUT2D eigenvalue weighted by Crippen LogP contribution is -1.93. The zero-order valence-corrected chi connectivity index (χ0v) is 9.62. The van der Waals surface area contributed by atoms with Gasteiger partial charge < -0.3 is 0 Å². The summed E-state index contributed by atoms with van der Waals surface area (Å²) in [5.41, 5.74) is 4.11. The van der Waals surface area contributed by atoms with E-state index >= 15 is 0 Å². The number of nitrogens with zero attached hydrogens (tertiary/aromatic N) is 1. The summed E-state index contributed by atoms with van der Waals surface area (Å²) in [6, 6.07) is 8.09. The lowest BCUT2D eigenvalue weighted by atomic mass is 10.1. The van der Waals surface area contributed by atoms with Crippen LogP contribution in [0.5, 0.6) is 0 Å². The van der Waals surface area contributed by atoms with Gasteiger partial charge in [0.1, 0.15) is 0 Å². The van der Waals surface area contributed by atoms with Crippen LogP contribution in [0.25, 0.3) is 0 Å². The molecule has 0 heterocycles. The molecule has 0 spiro atoms. The van der Waals surface area contributed by atoms with E-state index in [9.17, 15) is 0 Å². The maximum absolute atomic E-state index is 4.58. The van der Waals surface area contributed by atoms with E-state index in [1.54, 1.807) is 0 Å². The number of aryl methyl sites for hydroxylation is 1. The van der Waals surface area contributed by atoms with E-state index in [0.29, 0.717) is 0 Å². The first-order valence-electron chi connectivity index (χ1n) is 5.08. The fraction of sp³-hybridized carbons (Fsp3) is 0.214. The van der Waals surface area contributed by atoms with E-state index < -0.39 is 0 Å². The van der Waals surface area contributed by atoms with Crippen LogP contribution in [0.15, 0.2) is 53.6 Å². The minimum Gasteiger partial charge on any atom is -0.249 e. The molecule has 0 saturated carbocycles. The average Bonchev–Trinajstić information content (AvgIpc) is 2.20. The number of hydrogen-bond donors (Lipinski definition) is 0. The molecule has 1 aromatic carbocycles. The fourth-order valence-corrected chi connectivity index (χ4v) is 1.25. The molecule has 0 aliphatic rings. The average molecular weight is 199 g/mol. The van der Waals surface area contributed by atoms with Crippen molar-refractivity contribution >= 4 is 11.4 Å². The Balaban J connectivity index is 3.13. The predicted molar refractivity (Wildman–Crippen MR) is 67.9 cm³/mol. The van der Waals surface area contributed by atoms with Gasteiger partial charge in [0.05, 0.1) is 11.4 Å². The van der Waals surface area contributed by atoms with E-state index in [2.05, 4.69) is 24.6 Å². The molecule has 0 radical (unpaired) electrons. The Morgan fingerprint density at radius 3 is 2.53 bits per heavy atom. The summed E-state index contributed by atoms with van der Waals surface area (Å²) < 4.78 is 0. The van der Waals surface area contributed by atoms with Gasteiger partial charge in [0.15, 0.2) is 0 Å². The van der Waals surface area contributed by atoms with Crippen molar-refractivity contribution < 1.29 is 0 Å². The highest BCUT2D eigenvalue weighted by Gasteiger charge is 1.98. The minimum absolute atomic E-state index is 0.937. The van der Waals surface area contributed by atoms with Crippen LogP contribution >= 0.6 is 0 Å². The normalized spacial score (nSPS) is 12.1. The molecule has 0 aliphatic carbocycles. The SMILES string of the molecule is C=C(C)C(/C=C\C)=Nc1ccccc1C. The van der Waals surface area contributed by atoms with Crippen molar-refractivity contribution in [3.05, 3.63) is 54.1 Å². The molecule has 0 aliphatic heterocycles. The summed E-state index contributed by atoms with van der Waals surface area (Å²) in [6.07, 6.45) is 3.96. The summed E-state index contributed by atoms with van der Waals surface area (Å²) in [5, 5.41) is 0. The van der Waals surface area contributed by atoms with Crippen molar-refractivity contribution in [2.45, 2.75) is 20.8 Å². The van der Waals surface area contributed by atoms with Crippen molar-refractivity contribution in [3.8, 4) is 0 Å². The highest BCUT2D eigenvalue weighted by atomic mass is 14.7. The Kier molecular flexibility index (Phi) is 4.04. The number of benzene rings is 1. The summed E-state index contributed by atoms with van der Waals surface area (Å²) in [4.78, 5) is 4.58. The molecule has 78 valence electrons. The van der Waals surface area contributed by atoms with Crippen LogP contribution in [0.4, 0.5) is 5.69 Å². The largest absolute Gasteiger partial charge is 0.249 e. The minimum atomic E-state index is 0.937. The predicted octanol–water partition coefficient (Wildman–Crippen LogP) is 4.22. The monoisotopic (exact) mass is 199 g/mol. The Labute approximate surface area is 91.9 Å². The van der Waals surface area contributed by atoms with Crippen LogP contribution in [0.2, 0.25) is 0 Å². The third-order valence-corrected chi connectivity index (χ3v) is 2.12. The number of rotatable bonds is 3. The van der Waals surface area contributed by atoms with Crippen molar-refractivity contribution in [2.75, 3.05) is 0 Å². The molecular weight excluding hydrogens is 182 g/mol. The standard InChI is InChI=1S/C14H17N/c1-5-8-13(11(2)3)15-14-10-7-6-9-12(14)4/h5-10H,2H2,1,3-4H3/b8-5-,15-13?. The molecule has 0 saturated heterocycles. The highest BCUT2D eigenvalue weighted by molar-refractivity contribution is 6.08. The van der Waals surface area contributed by atoms with Crippen LogP contribution in [0.3, 0.4) is 0 Å². The second-order valence-electron chi connectivity index (χ2n) is 3.56. The maximum atomic E-state index is 4.58. The van der Waals surface area contributed by atoms with Gasteiger partial charge in [-0.3, -0.25) is 0 Å². The van der Waals surface area contributed by atoms with E-state index in [4.69, 9.17) is 0 Å². The van der Waals surface area contributed by atoms with Crippen LogP contribution < -0.4 is 0 Å². The Bertz CT molecular complexity index is 411. The van der Waals surface area contributed by atoms with Gasteiger partial charge >= 0.3 is 0 Å². The molecule has 0 N–H and O–H groups in total. The summed E-state index contributed by atoms with van der Waals surface area (Å²) in [7, 11) is 0. The Hall–Kier alpha value is -1.63. The number of aliphatic imine (C=N–C) groups is 1. The van der Waals surface area contributed by atoms with Crippen LogP contribution in [0, 0.1) is 6.92 Å². The zero-order valence-electron chi connectivity index (χ0n) is 9.62. The molecule has 0 atom stereocenters. The first kappa shape index (κ1) is 11.4. The van der Waals surface area contributed by atoms with E-state index in [0.717, 1.165) is 17.0 Å². The molecule has 1 aromatic rings. The topological polar surface area (TPSA) is 12.4 Å². The van der Waals surface area contributed by atoms with E-state index in [-0.39, 0.29) is 0 Å². The van der Waals surface area contributed by atoms with Crippen molar-refractivity contribution in [3.63, 3.8) is 0 Å². The lowest BCUT2D eigenvalue weighted by molar-refractivity contribution is 1.39. The van der Waals surface area contributed by atoms with Gasteiger partial charge in [-0.15, -0.1) is 0 Å². The van der Waals surface area contributed by atoms with Gasteiger partial charge in [-0.2, -0.15) is 0 Å². The smallest absolute Gasteiger partial charge is 0.0666 e. The van der Waals surface area contributed by atoms with Gasteiger partial charge in [-0.25, -0.2) is 4.99 Å². The first-order chi connectivity index (χ1) is 7.15. The van der Waals surface area contributed by atoms with Gasteiger partial charge in [0.25, 0.3) is 0 Å². The molecule has 1 rings (SSSR count). The molecule has 15 heavy (non-hydrogen) atoms. The Morgan fingerprint density at radius 1 is 1.33 bits per heavy atom. The maximum Gasteiger partial charge on any atom is 0.0666 e. The molecular formula is C14H17N. The second-order valence-corrected chi connectivity index (χ2v) is 3.56. The quantitative estimate of drug-likeness (QED) is 0.646. The summed E-state index contributed by atoms with van der Waals surface area (Å²) in [6.45, 7) is 9.93. The molecule has 0 bridgehead atoms. The van der Waals surface area contributed by atoms with Crippen LogP contribution in [-0.2, 0) is 0 Å². The van der Waals surface area contributed by atoms with E-state index in [1.165, 1.54) is 5.56 Å². The Morgan fingerprint density at radius 2 is 2.00 bits per heavy atom. The van der Waals surface area contributed by atoms with Crippen molar-refractivity contribution in [2.24, 2.45) is 4.99 Å². The highest BCUT2D eigenvalue weighted by Crippen LogP contribution is 2.18. The molecule has 1 heteroatoms. The number of hydrogen-bond acceptors (Lipinski definition) is 1. The zero-order chi connectivity index (χ0) is 11.3. The molecule has 0 unspecified atom stereocenters. The van der Waals surface area contributed by atoms with Gasteiger partial charge in [-0.05, 0) is 44.1 Å². The number of allylic oxidation sites excluding steroid dienone is 3. The van der Waals surface area contributed by atoms with Crippen molar-refractivity contribution in [1.29, 1.82) is 0 Å². The molecule has 0 amide bonds. The van der Waals surface area contributed by atoms with Crippen LogP contribution in [-0.4, -0.2) is 5.71 Å². The second kappa shape index (κ2) is 5.30. The number of para-hydroxylation sites is 1. The van der Waals surface area contributed by atoms with Crippen molar-refractivity contribution in [1.82, 2.24) is 0 Å². The summed E-state index contributed by atoms with van der Waals surface area (Å²) in [5.74, 6) is 0.